The molecule has 0 radical (unpaired) electrons. The molecule has 0 atom stereocenters. The predicted octanol–water partition coefficient (Wildman–Crippen LogP) is 4.09. The molecular weight excluding hydrogens is 388 g/mol. The first kappa shape index (κ1) is 22.4. The van der Waals surface area contributed by atoms with E-state index in [0.29, 0.717) is 17.9 Å². The number of hydrogen-bond acceptors (Lipinski definition) is 5. The molecule has 0 saturated carbocycles. The van der Waals surface area contributed by atoms with Gasteiger partial charge in [-0.15, -0.1) is 0 Å². The summed E-state index contributed by atoms with van der Waals surface area (Å²) in [5.41, 5.74) is 2.06. The number of carbonyl (C=O) groups is 3. The first-order valence-electron chi connectivity index (χ1n) is 9.07. The van der Waals surface area contributed by atoms with Gasteiger partial charge in [-0.3, -0.25) is 4.79 Å². The van der Waals surface area contributed by atoms with Crippen molar-refractivity contribution in [2.75, 3.05) is 13.2 Å². The molecular formula is C23H22O7. The maximum Gasteiger partial charge on any atom is 0.341 e. The van der Waals surface area contributed by atoms with Crippen LogP contribution in [-0.4, -0.2) is 41.1 Å². The van der Waals surface area contributed by atoms with Crippen LogP contribution in [0.5, 0.6) is 11.5 Å². The van der Waals surface area contributed by atoms with Crippen molar-refractivity contribution >= 4 is 23.8 Å². The summed E-state index contributed by atoms with van der Waals surface area (Å²) in [6.07, 6.45) is 4.73. The van der Waals surface area contributed by atoms with Gasteiger partial charge in [-0.05, 0) is 55.8 Å². The van der Waals surface area contributed by atoms with Crippen LogP contribution in [0.4, 0.5) is 0 Å². The average molecular weight is 410 g/mol. The number of rotatable bonds is 10. The summed E-state index contributed by atoms with van der Waals surface area (Å²) in [5, 5.41) is 17.8. The van der Waals surface area contributed by atoms with Crippen LogP contribution in [0.15, 0.2) is 60.2 Å². The van der Waals surface area contributed by atoms with Gasteiger partial charge in [0, 0.05) is 6.07 Å². The second kappa shape index (κ2) is 10.6. The van der Waals surface area contributed by atoms with Gasteiger partial charge in [0.1, 0.15) is 18.1 Å². The summed E-state index contributed by atoms with van der Waals surface area (Å²) >= 11 is 0. The van der Waals surface area contributed by atoms with Crippen molar-refractivity contribution in [2.24, 2.45) is 0 Å². The number of ketones is 1. The van der Waals surface area contributed by atoms with E-state index >= 15 is 0 Å². The van der Waals surface area contributed by atoms with Crippen LogP contribution < -0.4 is 9.47 Å². The number of aliphatic carboxylic acids is 1. The zero-order valence-corrected chi connectivity index (χ0v) is 16.6. The number of hydrogen-bond donors (Lipinski definition) is 2. The molecule has 0 aliphatic heterocycles. The maximum atomic E-state index is 12.6. The highest BCUT2D eigenvalue weighted by molar-refractivity contribution is 6.08. The highest BCUT2D eigenvalue weighted by Gasteiger charge is 2.13. The van der Waals surface area contributed by atoms with Crippen LogP contribution in [0, 0.1) is 0 Å². The van der Waals surface area contributed by atoms with E-state index in [0.717, 1.165) is 5.57 Å². The van der Waals surface area contributed by atoms with Gasteiger partial charge in [0.15, 0.2) is 12.4 Å². The van der Waals surface area contributed by atoms with Gasteiger partial charge >= 0.3 is 11.9 Å². The SMILES string of the molecule is CC(C)=CCOc1ccc(C(=O)C=Cc2ccc(C(=O)O)cc2)c(OCC(=O)O)c1. The lowest BCUT2D eigenvalue weighted by molar-refractivity contribution is -0.139. The van der Waals surface area contributed by atoms with Gasteiger partial charge in [0.05, 0.1) is 11.1 Å². The van der Waals surface area contributed by atoms with E-state index in [-0.39, 0.29) is 16.9 Å². The van der Waals surface area contributed by atoms with Crippen molar-refractivity contribution in [1.82, 2.24) is 0 Å². The minimum Gasteiger partial charge on any atom is -0.489 e. The molecule has 0 unspecified atom stereocenters. The molecule has 30 heavy (non-hydrogen) atoms. The highest BCUT2D eigenvalue weighted by Crippen LogP contribution is 2.26. The summed E-state index contributed by atoms with van der Waals surface area (Å²) in [6.45, 7) is 3.61. The molecule has 0 aliphatic rings. The van der Waals surface area contributed by atoms with Gasteiger partial charge in [-0.2, -0.15) is 0 Å². The Morgan fingerprint density at radius 3 is 2.27 bits per heavy atom. The van der Waals surface area contributed by atoms with Crippen LogP contribution >= 0.6 is 0 Å². The highest BCUT2D eigenvalue weighted by atomic mass is 16.5. The van der Waals surface area contributed by atoms with E-state index in [1.807, 2.05) is 19.9 Å². The molecule has 0 amide bonds. The van der Waals surface area contributed by atoms with Crippen molar-refractivity contribution in [1.29, 1.82) is 0 Å². The van der Waals surface area contributed by atoms with Gasteiger partial charge < -0.3 is 19.7 Å². The summed E-state index contributed by atoms with van der Waals surface area (Å²) in [7, 11) is 0. The van der Waals surface area contributed by atoms with Crippen molar-refractivity contribution < 1.29 is 34.1 Å². The number of carboxylic acids is 2. The summed E-state index contributed by atoms with van der Waals surface area (Å²) in [5.74, 6) is -2.05. The maximum absolute atomic E-state index is 12.6. The van der Waals surface area contributed by atoms with Gasteiger partial charge in [-0.1, -0.05) is 23.8 Å². The zero-order chi connectivity index (χ0) is 22.1. The van der Waals surface area contributed by atoms with Crippen molar-refractivity contribution in [3.63, 3.8) is 0 Å². The topological polar surface area (TPSA) is 110 Å². The normalized spacial score (nSPS) is 10.5. The number of allylic oxidation sites excluding steroid dienone is 2. The third-order valence-corrected chi connectivity index (χ3v) is 3.90. The Kier molecular flexibility index (Phi) is 7.93. The van der Waals surface area contributed by atoms with Crippen LogP contribution in [0.3, 0.4) is 0 Å². The monoisotopic (exact) mass is 410 g/mol. The Balaban J connectivity index is 2.21. The smallest absolute Gasteiger partial charge is 0.341 e. The fourth-order valence-corrected chi connectivity index (χ4v) is 2.36. The molecule has 0 aromatic heterocycles. The van der Waals surface area contributed by atoms with Gasteiger partial charge in [0.25, 0.3) is 0 Å². The van der Waals surface area contributed by atoms with Crippen LogP contribution in [0.25, 0.3) is 6.08 Å². The third kappa shape index (κ3) is 6.94. The summed E-state index contributed by atoms with van der Waals surface area (Å²) in [6, 6.07) is 10.6. The fourth-order valence-electron chi connectivity index (χ4n) is 2.36. The molecule has 0 heterocycles. The zero-order valence-electron chi connectivity index (χ0n) is 16.6. The van der Waals surface area contributed by atoms with E-state index in [9.17, 15) is 14.4 Å². The second-order valence-electron chi connectivity index (χ2n) is 6.56. The predicted molar refractivity (Wildman–Crippen MR) is 111 cm³/mol. The molecule has 0 aliphatic carbocycles. The molecule has 2 aromatic rings. The fraction of sp³-hybridized carbons (Fsp3) is 0.174. The molecule has 2 N–H and O–H groups in total. The average Bonchev–Trinajstić information content (AvgIpc) is 2.70. The van der Waals surface area contributed by atoms with Crippen LogP contribution in [0.1, 0.15) is 40.1 Å². The van der Waals surface area contributed by atoms with Gasteiger partial charge in [0.2, 0.25) is 0 Å². The van der Waals surface area contributed by atoms with Gasteiger partial charge in [-0.25, -0.2) is 9.59 Å². The van der Waals surface area contributed by atoms with E-state index in [1.165, 1.54) is 36.4 Å². The molecule has 156 valence electrons. The lowest BCUT2D eigenvalue weighted by Crippen LogP contribution is -2.12. The quantitative estimate of drug-likeness (QED) is 0.345. The van der Waals surface area contributed by atoms with Crippen molar-refractivity contribution in [2.45, 2.75) is 13.8 Å². The number of benzene rings is 2. The Morgan fingerprint density at radius 2 is 1.67 bits per heavy atom. The lowest BCUT2D eigenvalue weighted by atomic mass is 10.1. The first-order chi connectivity index (χ1) is 14.3. The molecule has 2 rings (SSSR count). The molecule has 0 spiro atoms. The Labute approximate surface area is 173 Å². The number of ether oxygens (including phenoxy) is 2. The molecule has 0 bridgehead atoms. The minimum absolute atomic E-state index is 0.1000. The third-order valence-electron chi connectivity index (χ3n) is 3.90. The molecule has 0 fully saturated rings. The largest absolute Gasteiger partial charge is 0.489 e. The van der Waals surface area contributed by atoms with Crippen molar-refractivity contribution in [3.8, 4) is 11.5 Å². The molecule has 2 aromatic carbocycles. The Morgan fingerprint density at radius 1 is 0.967 bits per heavy atom. The minimum atomic E-state index is -1.17. The number of carbonyl (C=O) groups excluding carboxylic acids is 1. The standard InChI is InChI=1S/C23H22O7/c1-15(2)11-12-29-18-8-9-19(21(13-18)30-14-22(25)26)20(24)10-5-16-3-6-17(7-4-16)23(27)28/h3-11,13H,12,14H2,1-2H3,(H,25,26)(H,27,28). The van der Waals surface area contributed by atoms with Crippen LogP contribution in [-0.2, 0) is 4.79 Å². The second-order valence-corrected chi connectivity index (χ2v) is 6.56. The number of carboxylic acid groups (broad SMARTS) is 2. The Hall–Kier alpha value is -3.87. The first-order valence-corrected chi connectivity index (χ1v) is 9.07. The van der Waals surface area contributed by atoms with Crippen LogP contribution in [0.2, 0.25) is 0 Å². The van der Waals surface area contributed by atoms with Crippen molar-refractivity contribution in [3.05, 3.63) is 76.9 Å². The van der Waals surface area contributed by atoms with E-state index in [1.54, 1.807) is 18.2 Å². The lowest BCUT2D eigenvalue weighted by Gasteiger charge is -2.11. The van der Waals surface area contributed by atoms with E-state index in [2.05, 4.69) is 0 Å². The van der Waals surface area contributed by atoms with E-state index < -0.39 is 24.3 Å². The molecule has 0 saturated heterocycles. The Bertz CT molecular complexity index is 981. The summed E-state index contributed by atoms with van der Waals surface area (Å²) in [4.78, 5) is 34.4. The summed E-state index contributed by atoms with van der Waals surface area (Å²) < 4.78 is 10.8. The molecule has 7 heteroatoms. The van der Waals surface area contributed by atoms with E-state index in [4.69, 9.17) is 19.7 Å². The molecule has 7 nitrogen and oxygen atoms in total. The number of aromatic carboxylic acids is 1.